The molecule has 0 N–H and O–H groups in total. The summed E-state index contributed by atoms with van der Waals surface area (Å²) in [7, 11) is 0. The number of rotatable bonds is 1. The molecule has 0 saturated carbocycles. The number of fused-ring (bicyclic) bond motifs is 1. The molecule has 1 unspecified atom stereocenters. The molecule has 0 aromatic heterocycles. The van der Waals surface area contributed by atoms with E-state index in [-0.39, 0.29) is 5.82 Å². The largest absolute Gasteiger partial charge is 0.207 e. The van der Waals surface area contributed by atoms with E-state index in [4.69, 9.17) is 5.26 Å². The molecule has 0 fully saturated rings. The summed E-state index contributed by atoms with van der Waals surface area (Å²) in [6.45, 7) is 0. The summed E-state index contributed by atoms with van der Waals surface area (Å²) < 4.78 is 13.5. The Balaban J connectivity index is 2.54. The van der Waals surface area contributed by atoms with Crippen LogP contribution in [0, 0.1) is 17.1 Å². The van der Waals surface area contributed by atoms with Gasteiger partial charge in [-0.15, -0.1) is 0 Å². The average Bonchev–Trinajstić information content (AvgIpc) is 2.61. The van der Waals surface area contributed by atoms with Gasteiger partial charge in [0.05, 0.1) is 11.6 Å². The Morgan fingerprint density at radius 3 is 3.00 bits per heavy atom. The van der Waals surface area contributed by atoms with Crippen molar-refractivity contribution in [2.75, 3.05) is 6.26 Å². The van der Waals surface area contributed by atoms with Crippen molar-refractivity contribution < 1.29 is 4.39 Å². The zero-order valence-corrected chi connectivity index (χ0v) is 8.70. The Bertz CT molecular complexity index is 408. The third-order valence-electron chi connectivity index (χ3n) is 2.65. The quantitative estimate of drug-likeness (QED) is 0.706. The predicted octanol–water partition coefficient (Wildman–Crippen LogP) is 3.05. The topological polar surface area (TPSA) is 23.8 Å². The number of thioether (sulfide) groups is 1. The second-order valence-electron chi connectivity index (χ2n) is 3.40. The van der Waals surface area contributed by atoms with E-state index >= 15 is 0 Å². The van der Waals surface area contributed by atoms with Crippen LogP contribution in [0.5, 0.6) is 0 Å². The van der Waals surface area contributed by atoms with E-state index in [1.165, 1.54) is 6.07 Å². The van der Waals surface area contributed by atoms with Gasteiger partial charge in [0.25, 0.3) is 0 Å². The second-order valence-corrected chi connectivity index (χ2v) is 4.44. The maximum Gasteiger partial charge on any atom is 0.128 e. The highest BCUT2D eigenvalue weighted by Crippen LogP contribution is 2.41. The fraction of sp³-hybridized carbons (Fsp3) is 0.364. The van der Waals surface area contributed by atoms with E-state index in [2.05, 4.69) is 0 Å². The number of halogens is 1. The standard InChI is InChI=1S/C11H10FNS/c1-14-11-3-2-8-9(11)4-7(6-13)5-10(8)12/h4-5,11H,2-3H2,1H3. The fourth-order valence-corrected chi connectivity index (χ4v) is 2.77. The van der Waals surface area contributed by atoms with Gasteiger partial charge in [-0.1, -0.05) is 0 Å². The Kier molecular flexibility index (Phi) is 2.47. The number of hydrogen-bond donors (Lipinski definition) is 0. The van der Waals surface area contributed by atoms with Crippen LogP contribution in [0.4, 0.5) is 4.39 Å². The molecule has 0 saturated heterocycles. The molecule has 1 aliphatic rings. The summed E-state index contributed by atoms with van der Waals surface area (Å²) in [5, 5.41) is 9.10. The van der Waals surface area contributed by atoms with Crippen LogP contribution in [0.15, 0.2) is 12.1 Å². The van der Waals surface area contributed by atoms with Crippen molar-refractivity contribution in [3.63, 3.8) is 0 Å². The first-order valence-corrected chi connectivity index (χ1v) is 5.80. The minimum Gasteiger partial charge on any atom is -0.207 e. The van der Waals surface area contributed by atoms with Gasteiger partial charge in [0.1, 0.15) is 5.82 Å². The van der Waals surface area contributed by atoms with E-state index in [0.29, 0.717) is 10.8 Å². The average molecular weight is 207 g/mol. The maximum atomic E-state index is 13.5. The lowest BCUT2D eigenvalue weighted by molar-refractivity contribution is 0.612. The predicted molar refractivity (Wildman–Crippen MR) is 55.7 cm³/mol. The summed E-state index contributed by atoms with van der Waals surface area (Å²) in [4.78, 5) is 0. The van der Waals surface area contributed by atoms with Crippen LogP contribution in [0.1, 0.15) is 28.4 Å². The highest BCUT2D eigenvalue weighted by Gasteiger charge is 2.24. The molecule has 1 nitrogen and oxygen atoms in total. The lowest BCUT2D eigenvalue weighted by Crippen LogP contribution is -1.92. The third-order valence-corrected chi connectivity index (χ3v) is 3.71. The van der Waals surface area contributed by atoms with Crippen LogP contribution in [-0.4, -0.2) is 6.26 Å². The minimum absolute atomic E-state index is 0.212. The molecule has 0 aliphatic heterocycles. The Morgan fingerprint density at radius 2 is 2.36 bits per heavy atom. The van der Waals surface area contributed by atoms with E-state index in [0.717, 1.165) is 24.0 Å². The molecule has 0 amide bonds. The zero-order valence-electron chi connectivity index (χ0n) is 7.88. The van der Waals surface area contributed by atoms with Crippen molar-refractivity contribution in [3.8, 4) is 6.07 Å². The molecule has 2 rings (SSSR count). The highest BCUT2D eigenvalue weighted by atomic mass is 32.2. The number of nitriles is 1. The summed E-state index contributed by atoms with van der Waals surface area (Å²) in [6.07, 6.45) is 3.82. The molecule has 1 atom stereocenters. The minimum atomic E-state index is -0.212. The molecule has 1 aliphatic carbocycles. The van der Waals surface area contributed by atoms with Crippen molar-refractivity contribution in [2.45, 2.75) is 18.1 Å². The smallest absolute Gasteiger partial charge is 0.128 e. The van der Waals surface area contributed by atoms with Gasteiger partial charge in [-0.2, -0.15) is 17.0 Å². The van der Waals surface area contributed by atoms with Gasteiger partial charge in [-0.3, -0.25) is 0 Å². The third kappa shape index (κ3) is 1.40. The lowest BCUT2D eigenvalue weighted by atomic mass is 10.1. The lowest BCUT2D eigenvalue weighted by Gasteiger charge is -2.08. The summed E-state index contributed by atoms with van der Waals surface area (Å²) >= 11 is 1.73. The molecule has 14 heavy (non-hydrogen) atoms. The maximum absolute atomic E-state index is 13.5. The highest BCUT2D eigenvalue weighted by molar-refractivity contribution is 7.98. The SMILES string of the molecule is CSC1CCc2c(F)cc(C#N)cc21. The molecule has 1 aromatic rings. The molecule has 0 spiro atoms. The number of hydrogen-bond acceptors (Lipinski definition) is 2. The monoisotopic (exact) mass is 207 g/mol. The van der Waals surface area contributed by atoms with Gasteiger partial charge in [0.2, 0.25) is 0 Å². The molecule has 0 heterocycles. The summed E-state index contributed by atoms with van der Waals surface area (Å²) in [5.74, 6) is -0.212. The molecule has 3 heteroatoms. The fourth-order valence-electron chi connectivity index (χ4n) is 1.95. The van der Waals surface area contributed by atoms with Crippen molar-refractivity contribution in [3.05, 3.63) is 34.6 Å². The summed E-state index contributed by atoms with van der Waals surface area (Å²) in [5.41, 5.74) is 2.26. The van der Waals surface area contributed by atoms with Gasteiger partial charge in [-0.05, 0) is 42.4 Å². The first-order chi connectivity index (χ1) is 6.76. The van der Waals surface area contributed by atoms with Crippen LogP contribution in [0.25, 0.3) is 0 Å². The van der Waals surface area contributed by atoms with Crippen molar-refractivity contribution in [2.24, 2.45) is 0 Å². The summed E-state index contributed by atoms with van der Waals surface area (Å²) in [6, 6.07) is 5.15. The van der Waals surface area contributed by atoms with E-state index in [1.54, 1.807) is 11.8 Å². The van der Waals surface area contributed by atoms with E-state index < -0.39 is 0 Å². The van der Waals surface area contributed by atoms with Crippen LogP contribution < -0.4 is 0 Å². The number of nitrogens with zero attached hydrogens (tertiary/aromatic N) is 1. The van der Waals surface area contributed by atoms with Gasteiger partial charge in [0.15, 0.2) is 0 Å². The van der Waals surface area contributed by atoms with Crippen molar-refractivity contribution in [1.29, 1.82) is 5.26 Å². The van der Waals surface area contributed by atoms with Crippen molar-refractivity contribution in [1.82, 2.24) is 0 Å². The normalized spacial score (nSPS) is 19.1. The Hall–Kier alpha value is -1.01. The van der Waals surface area contributed by atoms with Crippen molar-refractivity contribution >= 4 is 11.8 Å². The molecule has 1 aromatic carbocycles. The second kappa shape index (κ2) is 3.62. The first-order valence-electron chi connectivity index (χ1n) is 4.51. The van der Waals surface area contributed by atoms with Gasteiger partial charge in [0, 0.05) is 5.25 Å². The molecular weight excluding hydrogens is 197 g/mol. The van der Waals surface area contributed by atoms with E-state index in [9.17, 15) is 4.39 Å². The molecule has 0 bridgehead atoms. The van der Waals surface area contributed by atoms with Crippen LogP contribution >= 0.6 is 11.8 Å². The molecular formula is C11H10FNS. The first kappa shape index (κ1) is 9.54. The Morgan fingerprint density at radius 1 is 1.57 bits per heavy atom. The van der Waals surface area contributed by atoms with Crippen LogP contribution in [0.3, 0.4) is 0 Å². The molecule has 0 radical (unpaired) electrons. The zero-order chi connectivity index (χ0) is 10.1. The van der Waals surface area contributed by atoms with Crippen LogP contribution in [-0.2, 0) is 6.42 Å². The van der Waals surface area contributed by atoms with Gasteiger partial charge >= 0.3 is 0 Å². The van der Waals surface area contributed by atoms with E-state index in [1.807, 2.05) is 18.4 Å². The Labute approximate surface area is 86.9 Å². The van der Waals surface area contributed by atoms with Crippen LogP contribution in [0.2, 0.25) is 0 Å². The van der Waals surface area contributed by atoms with Gasteiger partial charge in [-0.25, -0.2) is 4.39 Å². The molecule has 72 valence electrons. The number of benzene rings is 1. The van der Waals surface area contributed by atoms with Gasteiger partial charge < -0.3 is 0 Å².